The molecule has 0 aliphatic rings. The summed E-state index contributed by atoms with van der Waals surface area (Å²) in [6.07, 6.45) is 0. The Morgan fingerprint density at radius 1 is 1.36 bits per heavy atom. The molecule has 0 heterocycles. The van der Waals surface area contributed by atoms with Gasteiger partial charge in [0, 0.05) is 5.92 Å². The average Bonchev–Trinajstić information content (AvgIpc) is 2.18. The number of benzene rings is 1. The van der Waals surface area contributed by atoms with Crippen LogP contribution in [0.25, 0.3) is 0 Å². The third-order valence-corrected chi connectivity index (χ3v) is 2.81. The molecule has 0 spiro atoms. The van der Waals surface area contributed by atoms with Gasteiger partial charge in [-0.3, -0.25) is 4.79 Å². The van der Waals surface area contributed by atoms with Crippen LogP contribution in [0, 0.1) is 5.92 Å². The molecule has 0 radical (unpaired) electrons. The molecule has 2 unspecified atom stereocenters. The molecule has 1 aromatic carbocycles. The van der Waals surface area contributed by atoms with E-state index >= 15 is 0 Å². The number of Topliss-reactive ketones (excluding diaryl/α,β-unsaturated/α-hetero) is 1. The van der Waals surface area contributed by atoms with Crippen LogP contribution in [0.4, 0.5) is 0 Å². The fourth-order valence-electron chi connectivity index (χ4n) is 1.42. The number of carbonyl (C=O) groups is 1. The zero-order chi connectivity index (χ0) is 10.8. The van der Waals surface area contributed by atoms with Crippen molar-refractivity contribution in [2.24, 2.45) is 5.92 Å². The van der Waals surface area contributed by atoms with Gasteiger partial charge >= 0.3 is 0 Å². The minimum Gasteiger partial charge on any atom is -0.385 e. The second-order valence-corrected chi connectivity index (χ2v) is 3.85. The van der Waals surface area contributed by atoms with Crippen LogP contribution >= 0.6 is 0 Å². The summed E-state index contributed by atoms with van der Waals surface area (Å²) in [6.45, 7) is 4.92. The summed E-state index contributed by atoms with van der Waals surface area (Å²) in [7, 11) is 0. The second kappa shape index (κ2) is 3.93. The first-order valence-corrected chi connectivity index (χ1v) is 4.74. The van der Waals surface area contributed by atoms with Crippen LogP contribution in [0.15, 0.2) is 30.3 Å². The van der Waals surface area contributed by atoms with Crippen LogP contribution in [0.3, 0.4) is 0 Å². The number of rotatable bonds is 3. The third kappa shape index (κ3) is 2.02. The Morgan fingerprint density at radius 2 is 1.86 bits per heavy atom. The van der Waals surface area contributed by atoms with Gasteiger partial charge in [-0.2, -0.15) is 0 Å². The average molecular weight is 192 g/mol. The van der Waals surface area contributed by atoms with Crippen LogP contribution in [-0.2, 0) is 10.4 Å². The van der Waals surface area contributed by atoms with E-state index in [-0.39, 0.29) is 11.7 Å². The van der Waals surface area contributed by atoms with E-state index in [1.165, 1.54) is 6.92 Å². The normalized spacial score (nSPS) is 17.1. The van der Waals surface area contributed by atoms with Gasteiger partial charge in [0.15, 0.2) is 0 Å². The van der Waals surface area contributed by atoms with Crippen LogP contribution < -0.4 is 0 Å². The highest BCUT2D eigenvalue weighted by Gasteiger charge is 2.32. The topological polar surface area (TPSA) is 37.3 Å². The Labute approximate surface area is 84.6 Å². The van der Waals surface area contributed by atoms with Crippen LogP contribution in [-0.4, -0.2) is 10.9 Å². The van der Waals surface area contributed by atoms with Gasteiger partial charge in [0.1, 0.15) is 5.78 Å². The van der Waals surface area contributed by atoms with Gasteiger partial charge in [-0.05, 0) is 19.4 Å². The maximum atomic E-state index is 11.2. The molecule has 2 atom stereocenters. The van der Waals surface area contributed by atoms with Crippen molar-refractivity contribution in [1.29, 1.82) is 0 Å². The molecule has 2 heteroatoms. The van der Waals surface area contributed by atoms with Gasteiger partial charge < -0.3 is 5.11 Å². The molecule has 1 rings (SSSR count). The number of aliphatic hydroxyl groups is 1. The molecule has 0 saturated heterocycles. The fraction of sp³-hybridized carbons (Fsp3) is 0.417. The van der Waals surface area contributed by atoms with Crippen molar-refractivity contribution in [2.45, 2.75) is 26.4 Å². The largest absolute Gasteiger partial charge is 0.385 e. The summed E-state index contributed by atoms with van der Waals surface area (Å²) in [5, 5.41) is 10.2. The lowest BCUT2D eigenvalue weighted by Crippen LogP contribution is -2.34. The molecule has 0 bridgehead atoms. The van der Waals surface area contributed by atoms with E-state index < -0.39 is 5.60 Å². The van der Waals surface area contributed by atoms with E-state index in [1.54, 1.807) is 13.8 Å². The molecule has 1 aromatic rings. The summed E-state index contributed by atoms with van der Waals surface area (Å²) in [4.78, 5) is 11.2. The zero-order valence-corrected chi connectivity index (χ0v) is 8.82. The van der Waals surface area contributed by atoms with Gasteiger partial charge in [0.25, 0.3) is 0 Å². The van der Waals surface area contributed by atoms with Gasteiger partial charge in [-0.1, -0.05) is 37.3 Å². The van der Waals surface area contributed by atoms with Crippen LogP contribution in [0.2, 0.25) is 0 Å². The molecule has 0 amide bonds. The minimum absolute atomic E-state index is 0.00106. The van der Waals surface area contributed by atoms with Crippen molar-refractivity contribution >= 4 is 5.78 Å². The SMILES string of the molecule is CC(=O)C(C)C(C)(O)c1ccccc1. The molecule has 1 N–H and O–H groups in total. The first kappa shape index (κ1) is 10.9. The van der Waals surface area contributed by atoms with Gasteiger partial charge in [-0.15, -0.1) is 0 Å². The van der Waals surface area contributed by atoms with Crippen molar-refractivity contribution in [3.05, 3.63) is 35.9 Å². The molecule has 14 heavy (non-hydrogen) atoms. The molecule has 2 nitrogen and oxygen atoms in total. The summed E-state index contributed by atoms with van der Waals surface area (Å²) in [6, 6.07) is 9.27. The molecule has 0 aromatic heterocycles. The molecular formula is C12H16O2. The van der Waals surface area contributed by atoms with E-state index in [4.69, 9.17) is 0 Å². The lowest BCUT2D eigenvalue weighted by atomic mass is 9.82. The lowest BCUT2D eigenvalue weighted by Gasteiger charge is -2.29. The first-order valence-electron chi connectivity index (χ1n) is 4.74. The Kier molecular flexibility index (Phi) is 3.06. The van der Waals surface area contributed by atoms with Crippen LogP contribution in [0.5, 0.6) is 0 Å². The van der Waals surface area contributed by atoms with E-state index in [1.807, 2.05) is 30.3 Å². The lowest BCUT2D eigenvalue weighted by molar-refractivity contribution is -0.128. The smallest absolute Gasteiger partial charge is 0.135 e. The fourth-order valence-corrected chi connectivity index (χ4v) is 1.42. The van der Waals surface area contributed by atoms with E-state index in [0.717, 1.165) is 5.56 Å². The molecule has 0 aliphatic carbocycles. The van der Waals surface area contributed by atoms with Gasteiger partial charge in [0.2, 0.25) is 0 Å². The molecule has 0 fully saturated rings. The second-order valence-electron chi connectivity index (χ2n) is 3.85. The monoisotopic (exact) mass is 192 g/mol. The Bertz CT molecular complexity index is 314. The van der Waals surface area contributed by atoms with E-state index in [0.29, 0.717) is 0 Å². The highest BCUT2D eigenvalue weighted by molar-refractivity contribution is 5.79. The molecule has 76 valence electrons. The summed E-state index contributed by atoms with van der Waals surface area (Å²) in [5.41, 5.74) is -0.296. The Hall–Kier alpha value is -1.15. The quantitative estimate of drug-likeness (QED) is 0.796. The number of hydrogen-bond donors (Lipinski definition) is 1. The predicted molar refractivity (Wildman–Crippen MR) is 55.9 cm³/mol. The minimum atomic E-state index is -1.08. The standard InChI is InChI=1S/C12H16O2/c1-9(10(2)13)12(3,14)11-7-5-4-6-8-11/h4-9,14H,1-3H3. The van der Waals surface area contributed by atoms with Gasteiger partial charge in [-0.25, -0.2) is 0 Å². The maximum absolute atomic E-state index is 11.2. The van der Waals surface area contributed by atoms with E-state index in [9.17, 15) is 9.90 Å². The Balaban J connectivity index is 3.02. The molecule has 0 saturated carbocycles. The van der Waals surface area contributed by atoms with Crippen LogP contribution in [0.1, 0.15) is 26.3 Å². The highest BCUT2D eigenvalue weighted by Crippen LogP contribution is 2.29. The summed E-state index contributed by atoms with van der Waals surface area (Å²) >= 11 is 0. The first-order chi connectivity index (χ1) is 6.46. The molecular weight excluding hydrogens is 176 g/mol. The van der Waals surface area contributed by atoms with Crippen molar-refractivity contribution in [3.8, 4) is 0 Å². The summed E-state index contributed by atoms with van der Waals surface area (Å²) in [5.74, 6) is -0.385. The van der Waals surface area contributed by atoms with Crippen molar-refractivity contribution in [3.63, 3.8) is 0 Å². The van der Waals surface area contributed by atoms with Gasteiger partial charge in [0.05, 0.1) is 5.60 Å². The predicted octanol–water partition coefficient (Wildman–Crippen LogP) is 2.12. The number of carbonyl (C=O) groups excluding carboxylic acids is 1. The number of hydrogen-bond acceptors (Lipinski definition) is 2. The zero-order valence-electron chi connectivity index (χ0n) is 8.82. The van der Waals surface area contributed by atoms with E-state index in [2.05, 4.69) is 0 Å². The van der Waals surface area contributed by atoms with Crippen molar-refractivity contribution in [2.75, 3.05) is 0 Å². The maximum Gasteiger partial charge on any atom is 0.135 e. The van der Waals surface area contributed by atoms with Crippen molar-refractivity contribution < 1.29 is 9.90 Å². The molecule has 0 aliphatic heterocycles. The third-order valence-electron chi connectivity index (χ3n) is 2.81. The summed E-state index contributed by atoms with van der Waals surface area (Å²) < 4.78 is 0. The van der Waals surface area contributed by atoms with Crippen molar-refractivity contribution in [1.82, 2.24) is 0 Å². The number of ketones is 1. The highest BCUT2D eigenvalue weighted by atomic mass is 16.3. The Morgan fingerprint density at radius 3 is 2.29 bits per heavy atom.